The first-order valence-electron chi connectivity index (χ1n) is 6.40. The zero-order valence-corrected chi connectivity index (χ0v) is 11.1. The number of rotatable bonds is 4. The average molecular weight is 275 g/mol. The molecule has 1 amide bonds. The highest BCUT2D eigenvalue weighted by Crippen LogP contribution is 2.22. The summed E-state index contributed by atoms with van der Waals surface area (Å²) in [5, 5.41) is 2.85. The molecule has 4 heteroatoms. The predicted molar refractivity (Wildman–Crippen MR) is 73.1 cm³/mol. The average Bonchev–Trinajstić information content (AvgIpc) is 2.46. The fraction of sp³-hybridized carbons (Fsp3) is 0.188. The molecule has 1 N–H and O–H groups in total. The van der Waals surface area contributed by atoms with Crippen LogP contribution in [0.4, 0.5) is 8.78 Å². The lowest BCUT2D eigenvalue weighted by Gasteiger charge is -2.19. The van der Waals surface area contributed by atoms with Gasteiger partial charge in [-0.3, -0.25) is 4.79 Å². The summed E-state index contributed by atoms with van der Waals surface area (Å²) in [4.78, 5) is 11.6. The molecule has 0 bridgehead atoms. The van der Waals surface area contributed by atoms with E-state index in [-0.39, 0.29) is 17.5 Å². The van der Waals surface area contributed by atoms with Crippen molar-refractivity contribution in [3.8, 4) is 0 Å². The number of carbonyl (C=O) groups excluding carboxylic acids is 1. The van der Waals surface area contributed by atoms with Crippen LogP contribution in [0.15, 0.2) is 48.5 Å². The molecule has 0 aliphatic carbocycles. The molecule has 2 aromatic carbocycles. The fourth-order valence-corrected chi connectivity index (χ4v) is 1.93. The minimum Gasteiger partial charge on any atom is -0.345 e. The molecule has 0 aliphatic rings. The molecule has 0 unspecified atom stereocenters. The van der Waals surface area contributed by atoms with Crippen molar-refractivity contribution in [1.29, 1.82) is 0 Å². The summed E-state index contributed by atoms with van der Waals surface area (Å²) >= 11 is 0. The molecule has 0 radical (unpaired) electrons. The Hall–Kier alpha value is -2.23. The van der Waals surface area contributed by atoms with Crippen molar-refractivity contribution in [2.45, 2.75) is 19.4 Å². The van der Waals surface area contributed by atoms with Crippen LogP contribution in [-0.4, -0.2) is 5.91 Å². The summed E-state index contributed by atoms with van der Waals surface area (Å²) in [5.74, 6) is -0.800. The summed E-state index contributed by atoms with van der Waals surface area (Å²) in [5.41, 5.74) is 1.50. The van der Waals surface area contributed by atoms with Gasteiger partial charge in [0, 0.05) is 6.42 Å². The highest BCUT2D eigenvalue weighted by Gasteiger charge is 2.16. The van der Waals surface area contributed by atoms with E-state index < -0.39 is 6.04 Å². The molecule has 2 nitrogen and oxygen atoms in total. The monoisotopic (exact) mass is 275 g/mol. The van der Waals surface area contributed by atoms with Gasteiger partial charge in [0.15, 0.2) is 0 Å². The number of halogens is 2. The van der Waals surface area contributed by atoms with Crippen LogP contribution in [0.5, 0.6) is 0 Å². The smallest absolute Gasteiger partial charge is 0.220 e. The molecule has 0 aromatic heterocycles. The van der Waals surface area contributed by atoms with Crippen molar-refractivity contribution in [2.75, 3.05) is 0 Å². The number of nitrogens with one attached hydrogen (secondary N) is 1. The van der Waals surface area contributed by atoms with Gasteiger partial charge in [0.1, 0.15) is 11.6 Å². The van der Waals surface area contributed by atoms with Crippen LogP contribution in [0.2, 0.25) is 0 Å². The number of amides is 1. The van der Waals surface area contributed by atoms with E-state index in [9.17, 15) is 13.6 Å². The van der Waals surface area contributed by atoms with Crippen LogP contribution >= 0.6 is 0 Å². The van der Waals surface area contributed by atoms with Crippen LogP contribution < -0.4 is 5.32 Å². The Labute approximate surface area is 116 Å². The third-order valence-electron chi connectivity index (χ3n) is 3.03. The molecule has 0 aliphatic heterocycles. The molecular formula is C16H15F2NO. The van der Waals surface area contributed by atoms with Gasteiger partial charge in [-0.2, -0.15) is 0 Å². The van der Waals surface area contributed by atoms with E-state index in [1.165, 1.54) is 24.3 Å². The van der Waals surface area contributed by atoms with Gasteiger partial charge >= 0.3 is 0 Å². The van der Waals surface area contributed by atoms with Gasteiger partial charge < -0.3 is 5.32 Å². The van der Waals surface area contributed by atoms with Crippen molar-refractivity contribution in [1.82, 2.24) is 5.32 Å². The molecule has 0 spiro atoms. The second kappa shape index (κ2) is 6.28. The van der Waals surface area contributed by atoms with Crippen LogP contribution in [-0.2, 0) is 4.79 Å². The van der Waals surface area contributed by atoms with Crippen LogP contribution in [0.25, 0.3) is 0 Å². The van der Waals surface area contributed by atoms with Crippen LogP contribution in [0.3, 0.4) is 0 Å². The molecule has 0 fully saturated rings. The Balaban J connectivity index is 2.35. The largest absolute Gasteiger partial charge is 0.345 e. The van der Waals surface area contributed by atoms with Gasteiger partial charge in [-0.25, -0.2) is 8.78 Å². The van der Waals surface area contributed by atoms with E-state index in [0.717, 1.165) is 11.1 Å². The minimum atomic E-state index is -0.413. The molecule has 0 saturated heterocycles. The maximum absolute atomic E-state index is 13.0. The Morgan fingerprint density at radius 1 is 0.950 bits per heavy atom. The predicted octanol–water partition coefficient (Wildman–Crippen LogP) is 3.58. The quantitative estimate of drug-likeness (QED) is 0.908. The first kappa shape index (κ1) is 14.2. The van der Waals surface area contributed by atoms with E-state index in [1.807, 2.05) is 0 Å². The molecule has 2 rings (SSSR count). The van der Waals surface area contributed by atoms with Gasteiger partial charge in [0.25, 0.3) is 0 Å². The normalized spacial score (nSPS) is 10.6. The minimum absolute atomic E-state index is 0.122. The highest BCUT2D eigenvalue weighted by atomic mass is 19.1. The van der Waals surface area contributed by atoms with Crippen molar-refractivity contribution in [3.05, 3.63) is 71.3 Å². The van der Waals surface area contributed by atoms with E-state index in [4.69, 9.17) is 0 Å². The van der Waals surface area contributed by atoms with E-state index >= 15 is 0 Å². The van der Waals surface area contributed by atoms with Gasteiger partial charge in [0.05, 0.1) is 6.04 Å². The SMILES string of the molecule is CCC(=O)NC(c1ccc(F)cc1)c1ccc(F)cc1. The number of benzene rings is 2. The lowest BCUT2D eigenvalue weighted by molar-refractivity contribution is -0.121. The zero-order valence-electron chi connectivity index (χ0n) is 11.1. The molecule has 104 valence electrons. The summed E-state index contributed by atoms with van der Waals surface area (Å²) in [6.07, 6.45) is 0.346. The van der Waals surface area contributed by atoms with Gasteiger partial charge in [-0.15, -0.1) is 0 Å². The van der Waals surface area contributed by atoms with Crippen molar-refractivity contribution < 1.29 is 13.6 Å². The molecule has 0 atom stereocenters. The van der Waals surface area contributed by atoms with Gasteiger partial charge in [-0.05, 0) is 35.4 Å². The van der Waals surface area contributed by atoms with E-state index in [0.29, 0.717) is 6.42 Å². The molecule has 20 heavy (non-hydrogen) atoms. The lowest BCUT2D eigenvalue weighted by atomic mass is 9.98. The third kappa shape index (κ3) is 3.41. The van der Waals surface area contributed by atoms with E-state index in [2.05, 4.69) is 5.32 Å². The number of carbonyl (C=O) groups is 1. The second-order valence-electron chi connectivity index (χ2n) is 4.46. The second-order valence-corrected chi connectivity index (χ2v) is 4.46. The molecular weight excluding hydrogens is 260 g/mol. The zero-order chi connectivity index (χ0) is 14.5. The number of hydrogen-bond acceptors (Lipinski definition) is 1. The Bertz CT molecular complexity index is 533. The van der Waals surface area contributed by atoms with Gasteiger partial charge in [-0.1, -0.05) is 31.2 Å². The van der Waals surface area contributed by atoms with Crippen molar-refractivity contribution in [2.24, 2.45) is 0 Å². The first-order chi connectivity index (χ1) is 9.60. The maximum atomic E-state index is 13.0. The highest BCUT2D eigenvalue weighted by molar-refractivity contribution is 5.76. The first-order valence-corrected chi connectivity index (χ1v) is 6.40. The van der Waals surface area contributed by atoms with Crippen molar-refractivity contribution >= 4 is 5.91 Å². The maximum Gasteiger partial charge on any atom is 0.220 e. The molecule has 0 saturated carbocycles. The van der Waals surface area contributed by atoms with Crippen LogP contribution in [0, 0.1) is 11.6 Å². The van der Waals surface area contributed by atoms with Gasteiger partial charge in [0.2, 0.25) is 5.91 Å². The molecule has 2 aromatic rings. The Kier molecular flexibility index (Phi) is 4.45. The fourth-order valence-electron chi connectivity index (χ4n) is 1.93. The summed E-state index contributed by atoms with van der Waals surface area (Å²) in [6.45, 7) is 1.75. The third-order valence-corrected chi connectivity index (χ3v) is 3.03. The summed E-state index contributed by atoms with van der Waals surface area (Å²) in [7, 11) is 0. The van der Waals surface area contributed by atoms with E-state index in [1.54, 1.807) is 31.2 Å². The van der Waals surface area contributed by atoms with Crippen LogP contribution in [0.1, 0.15) is 30.5 Å². The standard InChI is InChI=1S/C16H15F2NO/c1-2-15(20)19-16(11-3-7-13(17)8-4-11)12-5-9-14(18)10-6-12/h3-10,16H,2H2,1H3,(H,19,20). The summed E-state index contributed by atoms with van der Waals surface area (Å²) in [6, 6.07) is 11.4. The number of hydrogen-bond donors (Lipinski definition) is 1. The topological polar surface area (TPSA) is 29.1 Å². The van der Waals surface area contributed by atoms with Crippen molar-refractivity contribution in [3.63, 3.8) is 0 Å². The molecule has 0 heterocycles. The Morgan fingerprint density at radius 3 is 1.70 bits per heavy atom. The lowest BCUT2D eigenvalue weighted by Crippen LogP contribution is -2.28. The Morgan fingerprint density at radius 2 is 1.35 bits per heavy atom. The summed E-state index contributed by atoms with van der Waals surface area (Å²) < 4.78 is 26.0.